The molecule has 10 heteroatoms. The summed E-state index contributed by atoms with van der Waals surface area (Å²) in [4.78, 5) is 30.0. The predicted octanol–water partition coefficient (Wildman–Crippen LogP) is 2.64. The first-order valence-corrected chi connectivity index (χ1v) is 8.95. The number of nitrogens with zero attached hydrogens (tertiary/aromatic N) is 3. The molecule has 4 rings (SSSR count). The molecule has 0 fully saturated rings. The molecule has 7 nitrogen and oxygen atoms in total. The summed E-state index contributed by atoms with van der Waals surface area (Å²) in [5.74, 6) is -3.25. The zero-order chi connectivity index (χ0) is 21.8. The van der Waals surface area contributed by atoms with Crippen LogP contribution < -0.4 is 15.2 Å². The Bertz CT molecular complexity index is 1240. The number of benzene rings is 2. The van der Waals surface area contributed by atoms with Crippen LogP contribution >= 0.6 is 0 Å². The van der Waals surface area contributed by atoms with Gasteiger partial charge in [-0.05, 0) is 31.2 Å². The van der Waals surface area contributed by atoms with Crippen molar-refractivity contribution in [1.82, 2.24) is 9.55 Å². The van der Waals surface area contributed by atoms with Crippen LogP contribution in [-0.4, -0.2) is 26.7 Å². The van der Waals surface area contributed by atoms with Gasteiger partial charge < -0.3 is 9.84 Å². The fourth-order valence-corrected chi connectivity index (χ4v) is 3.42. The van der Waals surface area contributed by atoms with E-state index >= 15 is 0 Å². The molecule has 0 saturated heterocycles. The Labute approximate surface area is 167 Å². The van der Waals surface area contributed by atoms with Crippen LogP contribution in [0.5, 0.6) is 5.75 Å². The van der Waals surface area contributed by atoms with E-state index in [1.54, 1.807) is 24.3 Å². The number of para-hydroxylation sites is 1. The lowest BCUT2D eigenvalue weighted by molar-refractivity contribution is -0.193. The molecular formula is C20H16F3N3O4. The molecule has 1 amide bonds. The van der Waals surface area contributed by atoms with Crippen molar-refractivity contribution in [2.75, 3.05) is 4.90 Å². The summed E-state index contributed by atoms with van der Waals surface area (Å²) in [5, 5.41) is 10.2. The molecule has 0 bridgehead atoms. The van der Waals surface area contributed by atoms with Crippen LogP contribution in [-0.2, 0) is 18.4 Å². The van der Waals surface area contributed by atoms with Gasteiger partial charge in [0, 0.05) is 7.05 Å². The molecule has 156 valence electrons. The third-order valence-corrected chi connectivity index (χ3v) is 4.93. The molecule has 30 heavy (non-hydrogen) atoms. The van der Waals surface area contributed by atoms with E-state index in [9.17, 15) is 27.9 Å². The highest BCUT2D eigenvalue weighted by Crippen LogP contribution is 2.45. The van der Waals surface area contributed by atoms with Gasteiger partial charge in [-0.2, -0.15) is 8.78 Å². The molecule has 3 aromatic rings. The molecule has 1 aliphatic heterocycles. The van der Waals surface area contributed by atoms with Crippen LogP contribution in [0.25, 0.3) is 10.9 Å². The van der Waals surface area contributed by atoms with E-state index in [4.69, 9.17) is 0 Å². The lowest BCUT2D eigenvalue weighted by atomic mass is 10.0. The Balaban J connectivity index is 1.89. The smallest absolute Gasteiger partial charge is 0.422 e. The SMILES string of the molecule is C[C@@H](O)c1c(F)ccc2c1OC(F)(F)C(=O)N2Cc1nc2ccccc2c(=O)n1C. The first kappa shape index (κ1) is 19.9. The monoisotopic (exact) mass is 419 g/mol. The van der Waals surface area contributed by atoms with E-state index < -0.39 is 47.4 Å². The maximum absolute atomic E-state index is 14.3. The first-order chi connectivity index (χ1) is 14.1. The Morgan fingerprint density at radius 3 is 2.60 bits per heavy atom. The van der Waals surface area contributed by atoms with Crippen molar-refractivity contribution in [3.63, 3.8) is 0 Å². The van der Waals surface area contributed by atoms with E-state index in [0.29, 0.717) is 15.8 Å². The van der Waals surface area contributed by atoms with Crippen LogP contribution in [0, 0.1) is 5.82 Å². The number of alkyl halides is 2. The summed E-state index contributed by atoms with van der Waals surface area (Å²) in [6, 6.07) is 8.54. The van der Waals surface area contributed by atoms with Gasteiger partial charge in [-0.15, -0.1) is 0 Å². The Morgan fingerprint density at radius 1 is 1.20 bits per heavy atom. The van der Waals surface area contributed by atoms with Gasteiger partial charge in [-0.3, -0.25) is 19.1 Å². The Kier molecular flexibility index (Phi) is 4.53. The van der Waals surface area contributed by atoms with Gasteiger partial charge in [-0.25, -0.2) is 9.37 Å². The van der Waals surface area contributed by atoms with Crippen molar-refractivity contribution in [2.45, 2.75) is 25.7 Å². The number of rotatable bonds is 3. The summed E-state index contributed by atoms with van der Waals surface area (Å²) in [7, 11) is 1.41. The van der Waals surface area contributed by atoms with Crippen LogP contribution in [0.4, 0.5) is 18.9 Å². The van der Waals surface area contributed by atoms with Crippen molar-refractivity contribution < 1.29 is 27.8 Å². The summed E-state index contributed by atoms with van der Waals surface area (Å²) in [6.07, 6.45) is -5.76. The van der Waals surface area contributed by atoms with Gasteiger partial charge in [-0.1, -0.05) is 12.1 Å². The molecule has 0 aliphatic carbocycles. The highest BCUT2D eigenvalue weighted by molar-refractivity contribution is 6.01. The minimum Gasteiger partial charge on any atom is -0.422 e. The van der Waals surface area contributed by atoms with E-state index in [0.717, 1.165) is 16.7 Å². The third-order valence-electron chi connectivity index (χ3n) is 4.93. The second-order valence-electron chi connectivity index (χ2n) is 6.90. The summed E-state index contributed by atoms with van der Waals surface area (Å²) in [6.45, 7) is 0.696. The number of halogens is 3. The lowest BCUT2D eigenvalue weighted by Gasteiger charge is -2.35. The number of carbonyl (C=O) groups excluding carboxylic acids is 1. The van der Waals surface area contributed by atoms with E-state index in [-0.39, 0.29) is 11.5 Å². The van der Waals surface area contributed by atoms with Crippen molar-refractivity contribution in [3.8, 4) is 5.75 Å². The molecule has 2 aromatic carbocycles. The van der Waals surface area contributed by atoms with Crippen LogP contribution in [0.1, 0.15) is 24.4 Å². The Hall–Kier alpha value is -3.40. The highest BCUT2D eigenvalue weighted by atomic mass is 19.3. The zero-order valence-corrected chi connectivity index (χ0v) is 15.9. The van der Waals surface area contributed by atoms with Crippen molar-refractivity contribution in [3.05, 3.63) is 64.0 Å². The number of ether oxygens (including phenoxy) is 1. The first-order valence-electron chi connectivity index (χ1n) is 8.95. The minimum absolute atomic E-state index is 0.0404. The number of aliphatic hydroxyl groups is 1. The van der Waals surface area contributed by atoms with Crippen LogP contribution in [0.2, 0.25) is 0 Å². The standard InChI is InChI=1S/C20H16F3N3O4/c1-10(27)16-12(21)7-8-14-17(16)30-20(22,23)19(29)26(14)9-15-24-13-6-4-3-5-11(13)18(28)25(15)2/h3-8,10,27H,9H2,1-2H3/t10-/m1/s1. The maximum Gasteiger partial charge on any atom is 0.483 e. The average Bonchev–Trinajstić information content (AvgIpc) is 2.68. The summed E-state index contributed by atoms with van der Waals surface area (Å²) < 4.78 is 48.5. The normalized spacial score (nSPS) is 16.3. The van der Waals surface area contributed by atoms with Crippen molar-refractivity contribution in [1.29, 1.82) is 0 Å². The number of amides is 1. The van der Waals surface area contributed by atoms with E-state index in [1.165, 1.54) is 14.0 Å². The number of anilines is 1. The van der Waals surface area contributed by atoms with Gasteiger partial charge in [0.05, 0.1) is 34.8 Å². The lowest BCUT2D eigenvalue weighted by Crippen LogP contribution is -2.51. The van der Waals surface area contributed by atoms with Gasteiger partial charge in [0.2, 0.25) is 0 Å². The topological polar surface area (TPSA) is 84.7 Å². The molecule has 2 heterocycles. The predicted molar refractivity (Wildman–Crippen MR) is 101 cm³/mol. The van der Waals surface area contributed by atoms with Gasteiger partial charge >= 0.3 is 12.0 Å². The fourth-order valence-electron chi connectivity index (χ4n) is 3.42. The molecule has 0 saturated carbocycles. The second-order valence-corrected chi connectivity index (χ2v) is 6.90. The average molecular weight is 419 g/mol. The van der Waals surface area contributed by atoms with Crippen molar-refractivity contribution in [2.24, 2.45) is 7.05 Å². The number of carbonyl (C=O) groups is 1. The fraction of sp³-hybridized carbons (Fsp3) is 0.250. The number of hydrogen-bond acceptors (Lipinski definition) is 5. The largest absolute Gasteiger partial charge is 0.483 e. The number of aromatic nitrogens is 2. The summed E-state index contributed by atoms with van der Waals surface area (Å²) in [5.41, 5.74) is -0.727. The molecule has 0 radical (unpaired) electrons. The van der Waals surface area contributed by atoms with E-state index in [2.05, 4.69) is 9.72 Å². The maximum atomic E-state index is 14.3. The van der Waals surface area contributed by atoms with E-state index in [1.807, 2.05) is 0 Å². The van der Waals surface area contributed by atoms with Gasteiger partial charge in [0.15, 0.2) is 5.75 Å². The molecular weight excluding hydrogens is 403 g/mol. The van der Waals surface area contributed by atoms with Crippen LogP contribution in [0.15, 0.2) is 41.2 Å². The molecule has 1 N–H and O–H groups in total. The number of hydrogen-bond donors (Lipinski definition) is 1. The summed E-state index contributed by atoms with van der Waals surface area (Å²) >= 11 is 0. The van der Waals surface area contributed by atoms with Crippen molar-refractivity contribution >= 4 is 22.5 Å². The van der Waals surface area contributed by atoms with Gasteiger partial charge in [0.25, 0.3) is 5.56 Å². The Morgan fingerprint density at radius 2 is 1.90 bits per heavy atom. The molecule has 0 spiro atoms. The minimum atomic E-state index is -4.29. The third kappa shape index (κ3) is 3.00. The zero-order valence-electron chi connectivity index (χ0n) is 15.9. The molecule has 1 aliphatic rings. The molecule has 1 aromatic heterocycles. The molecule has 0 unspecified atom stereocenters. The number of fused-ring (bicyclic) bond motifs is 2. The number of aliphatic hydroxyl groups excluding tert-OH is 1. The quantitative estimate of drug-likeness (QED) is 0.706. The van der Waals surface area contributed by atoms with Crippen LogP contribution in [0.3, 0.4) is 0 Å². The molecule has 1 atom stereocenters. The second kappa shape index (κ2) is 6.84. The van der Waals surface area contributed by atoms with Gasteiger partial charge in [0.1, 0.15) is 11.6 Å². The highest BCUT2D eigenvalue weighted by Gasteiger charge is 2.52.